The van der Waals surface area contributed by atoms with Gasteiger partial charge >= 0.3 is 0 Å². The van der Waals surface area contributed by atoms with E-state index in [1.165, 1.54) is 12.1 Å². The van der Waals surface area contributed by atoms with Crippen LogP contribution >= 0.6 is 11.3 Å². The maximum absolute atomic E-state index is 13.5. The first-order valence-corrected chi connectivity index (χ1v) is 10.9. The lowest BCUT2D eigenvalue weighted by molar-refractivity contribution is 0.526. The number of nitrogens with two attached hydrogens (primary N) is 1. The van der Waals surface area contributed by atoms with Gasteiger partial charge in [-0.1, -0.05) is 19.9 Å². The van der Waals surface area contributed by atoms with E-state index in [2.05, 4.69) is 39.9 Å². The molecular formula is C23H22FN5S. The molecule has 5 rings (SSSR count). The highest BCUT2D eigenvalue weighted by atomic mass is 32.1. The number of fused-ring (bicyclic) bond motifs is 2. The minimum Gasteiger partial charge on any atom is -0.369 e. The van der Waals surface area contributed by atoms with Crippen molar-refractivity contribution in [3.05, 3.63) is 59.9 Å². The zero-order valence-corrected chi connectivity index (χ0v) is 17.7. The Hall–Kier alpha value is -3.19. The fourth-order valence-corrected chi connectivity index (χ4v) is 4.50. The second kappa shape index (κ2) is 7.25. The molecule has 0 aliphatic heterocycles. The van der Waals surface area contributed by atoms with Crippen molar-refractivity contribution in [3.8, 4) is 22.5 Å². The van der Waals surface area contributed by atoms with E-state index in [0.29, 0.717) is 11.9 Å². The highest BCUT2D eigenvalue weighted by Gasteiger charge is 2.18. The smallest absolute Gasteiger partial charge is 0.201 e. The molecule has 0 fully saturated rings. The average Bonchev–Trinajstić information content (AvgIpc) is 3.38. The number of aryl methyl sites for hydroxylation is 1. The standard InChI is InChI=1S/C23H22FN5S/c1-14(2)9-10-28-19-13-16(5-8-18(19)26-22(28)25)21-20(15-3-6-17(24)7-4-15)27-23-29(21)11-12-30-23/h3-8,11-14H,9-10H2,1-2H3,(H2,25,26). The van der Waals surface area contributed by atoms with Crippen molar-refractivity contribution in [2.24, 2.45) is 5.92 Å². The Morgan fingerprint density at radius 2 is 1.83 bits per heavy atom. The minimum absolute atomic E-state index is 0.257. The van der Waals surface area contributed by atoms with Crippen LogP contribution in [0.5, 0.6) is 0 Å². The van der Waals surface area contributed by atoms with Gasteiger partial charge in [0.15, 0.2) is 4.96 Å². The summed E-state index contributed by atoms with van der Waals surface area (Å²) in [4.78, 5) is 10.3. The lowest BCUT2D eigenvalue weighted by Crippen LogP contribution is -2.05. The largest absolute Gasteiger partial charge is 0.369 e. The Morgan fingerprint density at radius 1 is 1.07 bits per heavy atom. The van der Waals surface area contributed by atoms with Crippen LogP contribution in [0.2, 0.25) is 0 Å². The van der Waals surface area contributed by atoms with Crippen molar-refractivity contribution >= 4 is 33.3 Å². The number of nitrogens with zero attached hydrogens (tertiary/aromatic N) is 4. The quantitative estimate of drug-likeness (QED) is 0.389. The van der Waals surface area contributed by atoms with E-state index < -0.39 is 0 Å². The summed E-state index contributed by atoms with van der Waals surface area (Å²) in [6.45, 7) is 5.24. The Labute approximate surface area is 177 Å². The van der Waals surface area contributed by atoms with Crippen LogP contribution in [0.15, 0.2) is 54.0 Å². The van der Waals surface area contributed by atoms with Crippen LogP contribution in [-0.4, -0.2) is 18.9 Å². The van der Waals surface area contributed by atoms with Crippen LogP contribution < -0.4 is 5.73 Å². The Morgan fingerprint density at radius 3 is 2.60 bits per heavy atom. The van der Waals surface area contributed by atoms with Gasteiger partial charge in [0.25, 0.3) is 0 Å². The first-order chi connectivity index (χ1) is 14.5. The van der Waals surface area contributed by atoms with E-state index in [9.17, 15) is 4.39 Å². The first kappa shape index (κ1) is 18.8. The van der Waals surface area contributed by atoms with E-state index in [1.807, 2.05) is 17.6 Å². The number of halogens is 1. The Balaban J connectivity index is 1.70. The summed E-state index contributed by atoms with van der Waals surface area (Å²) in [6, 6.07) is 12.7. The van der Waals surface area contributed by atoms with E-state index in [-0.39, 0.29) is 5.82 Å². The minimum atomic E-state index is -0.257. The summed E-state index contributed by atoms with van der Waals surface area (Å²) >= 11 is 1.58. The highest BCUT2D eigenvalue weighted by molar-refractivity contribution is 7.15. The fourth-order valence-electron chi connectivity index (χ4n) is 3.78. The number of hydrogen-bond acceptors (Lipinski definition) is 4. The molecule has 0 radical (unpaired) electrons. The van der Waals surface area contributed by atoms with Crippen LogP contribution in [0.4, 0.5) is 10.3 Å². The first-order valence-electron chi connectivity index (χ1n) is 9.99. The third kappa shape index (κ3) is 3.15. The van der Waals surface area contributed by atoms with Crippen LogP contribution in [0, 0.1) is 11.7 Å². The molecule has 7 heteroatoms. The summed E-state index contributed by atoms with van der Waals surface area (Å²) < 4.78 is 17.6. The Bertz CT molecular complexity index is 1340. The summed E-state index contributed by atoms with van der Waals surface area (Å²) in [5.74, 6) is 0.859. The normalized spacial score (nSPS) is 11.9. The number of benzene rings is 2. The summed E-state index contributed by atoms with van der Waals surface area (Å²) in [6.07, 6.45) is 3.05. The number of thiazole rings is 1. The van der Waals surface area contributed by atoms with E-state index in [1.54, 1.807) is 23.5 Å². The topological polar surface area (TPSA) is 61.1 Å². The van der Waals surface area contributed by atoms with E-state index in [0.717, 1.165) is 51.5 Å². The molecule has 0 amide bonds. The lowest BCUT2D eigenvalue weighted by atomic mass is 10.0. The van der Waals surface area contributed by atoms with Crippen LogP contribution in [0.1, 0.15) is 20.3 Å². The molecule has 0 bridgehead atoms. The van der Waals surface area contributed by atoms with Crippen molar-refractivity contribution in [2.45, 2.75) is 26.8 Å². The molecular weight excluding hydrogens is 397 g/mol. The van der Waals surface area contributed by atoms with Crippen molar-refractivity contribution < 1.29 is 4.39 Å². The van der Waals surface area contributed by atoms with Crippen LogP contribution in [0.25, 0.3) is 38.5 Å². The van der Waals surface area contributed by atoms with Gasteiger partial charge in [-0.05, 0) is 48.7 Å². The fraction of sp³-hybridized carbons (Fsp3) is 0.217. The number of nitrogen functional groups attached to an aromatic ring is 1. The number of anilines is 1. The molecule has 5 nitrogen and oxygen atoms in total. The molecule has 0 unspecified atom stereocenters. The molecule has 3 aromatic heterocycles. The van der Waals surface area contributed by atoms with E-state index >= 15 is 0 Å². The van der Waals surface area contributed by atoms with Gasteiger partial charge in [0.1, 0.15) is 5.82 Å². The molecule has 0 atom stereocenters. The molecule has 152 valence electrons. The maximum Gasteiger partial charge on any atom is 0.201 e. The van der Waals surface area contributed by atoms with Gasteiger partial charge in [-0.15, -0.1) is 11.3 Å². The molecule has 0 spiro atoms. The Kier molecular flexibility index (Phi) is 4.55. The predicted octanol–water partition coefficient (Wildman–Crippen LogP) is 5.85. The SMILES string of the molecule is CC(C)CCn1c(N)nc2ccc(-c3c(-c4ccc(F)cc4)nc4sccn34)cc21. The van der Waals surface area contributed by atoms with E-state index in [4.69, 9.17) is 10.7 Å². The monoisotopic (exact) mass is 419 g/mol. The second-order valence-corrected chi connectivity index (χ2v) is 8.75. The molecule has 0 saturated carbocycles. The van der Waals surface area contributed by atoms with Crippen molar-refractivity contribution in [2.75, 3.05) is 5.73 Å². The van der Waals surface area contributed by atoms with Crippen molar-refractivity contribution in [1.82, 2.24) is 18.9 Å². The predicted molar refractivity (Wildman–Crippen MR) is 121 cm³/mol. The van der Waals surface area contributed by atoms with Crippen molar-refractivity contribution in [1.29, 1.82) is 0 Å². The van der Waals surface area contributed by atoms with Crippen molar-refractivity contribution in [3.63, 3.8) is 0 Å². The van der Waals surface area contributed by atoms with Gasteiger partial charge in [-0.3, -0.25) is 4.40 Å². The lowest BCUT2D eigenvalue weighted by Gasteiger charge is -2.10. The van der Waals surface area contributed by atoms with Gasteiger partial charge in [0.2, 0.25) is 5.95 Å². The highest BCUT2D eigenvalue weighted by Crippen LogP contribution is 2.36. The molecule has 0 aliphatic carbocycles. The third-order valence-corrected chi connectivity index (χ3v) is 6.12. The molecule has 0 saturated heterocycles. The van der Waals surface area contributed by atoms with Crippen LogP contribution in [-0.2, 0) is 6.54 Å². The van der Waals surface area contributed by atoms with Gasteiger partial charge in [0, 0.05) is 29.2 Å². The zero-order chi connectivity index (χ0) is 20.8. The molecule has 5 aromatic rings. The summed E-state index contributed by atoms with van der Waals surface area (Å²) in [5, 5.41) is 2.02. The molecule has 3 heterocycles. The summed E-state index contributed by atoms with van der Waals surface area (Å²) in [7, 11) is 0. The zero-order valence-electron chi connectivity index (χ0n) is 16.8. The average molecular weight is 420 g/mol. The van der Waals surface area contributed by atoms with Crippen LogP contribution in [0.3, 0.4) is 0 Å². The molecule has 30 heavy (non-hydrogen) atoms. The molecule has 0 aliphatic rings. The van der Waals surface area contributed by atoms with Gasteiger partial charge in [-0.2, -0.15) is 0 Å². The molecule has 2 N–H and O–H groups in total. The number of rotatable bonds is 5. The number of hydrogen-bond donors (Lipinski definition) is 1. The molecule has 2 aromatic carbocycles. The second-order valence-electron chi connectivity index (χ2n) is 7.88. The van der Waals surface area contributed by atoms with Gasteiger partial charge < -0.3 is 10.3 Å². The van der Waals surface area contributed by atoms with Gasteiger partial charge in [0.05, 0.1) is 22.4 Å². The van der Waals surface area contributed by atoms with Gasteiger partial charge in [-0.25, -0.2) is 14.4 Å². The number of aromatic nitrogens is 4. The maximum atomic E-state index is 13.5. The summed E-state index contributed by atoms with van der Waals surface area (Å²) in [5.41, 5.74) is 11.8. The number of imidazole rings is 2. The third-order valence-electron chi connectivity index (χ3n) is 5.36.